The Labute approximate surface area is 220 Å². The number of hydrogen-bond acceptors (Lipinski definition) is 1. The average Bonchev–Trinajstić information content (AvgIpc) is 2.45. The van der Waals surface area contributed by atoms with E-state index in [0.29, 0.717) is 0 Å². The molecule has 0 bridgehead atoms. The minimum absolute atomic E-state index is 0. The molecule has 4 nitrogen and oxygen atoms in total. The van der Waals surface area contributed by atoms with Crippen LogP contribution in [0.3, 0.4) is 0 Å². The number of quaternary nitrogens is 1. The van der Waals surface area contributed by atoms with Gasteiger partial charge in [-0.1, -0.05) is 53.4 Å². The average molecular weight is 566 g/mol. The Hall–Kier alpha value is 2.01. The summed E-state index contributed by atoms with van der Waals surface area (Å²) in [6, 6.07) is 0. The molecule has 0 atom stereocenters. The fourth-order valence-corrected chi connectivity index (χ4v) is 2.64. The Kier molecular flexibility index (Phi) is 34.1. The molecular weight excluding hydrogens is 526 g/mol. The topological polar surface area (TPSA) is 57.5 Å². The molecule has 6 heteroatoms. The second kappa shape index (κ2) is 24.0. The number of hydrogen-bond donors (Lipinski definition) is 2. The third kappa shape index (κ3) is 24.0. The zero-order valence-electron chi connectivity index (χ0n) is 15.1. The van der Waals surface area contributed by atoms with Crippen LogP contribution in [0.5, 0.6) is 0 Å². The molecule has 0 aromatic heterocycles. The number of rotatable bonds is 12. The van der Waals surface area contributed by atoms with E-state index in [1.54, 1.807) is 0 Å². The Balaban J connectivity index is -0.000000268. The second-order valence-corrected chi connectivity index (χ2v) is 5.93. The molecule has 0 aliphatic heterocycles. The summed E-state index contributed by atoms with van der Waals surface area (Å²) in [7, 11) is 0. The molecule has 0 aromatic rings. The van der Waals surface area contributed by atoms with Crippen LogP contribution in [0.2, 0.25) is 0 Å². The molecule has 0 aromatic carbocycles. The summed E-state index contributed by atoms with van der Waals surface area (Å²) in [6.45, 7) is 15.0. The Morgan fingerprint density at radius 3 is 1.00 bits per heavy atom. The second-order valence-electron chi connectivity index (χ2n) is 5.93. The first-order chi connectivity index (χ1) is 9.97. The van der Waals surface area contributed by atoms with Crippen LogP contribution in [0, 0.1) is 0 Å². The molecule has 0 radical (unpaired) electrons. The summed E-state index contributed by atoms with van der Waals surface area (Å²) in [5.41, 5.74) is 0. The first-order valence-corrected chi connectivity index (χ1v) is 8.74. The number of nitrogens with zero attached hydrogens (tertiary/aromatic N) is 1. The zero-order chi connectivity index (χ0) is 16.6. The van der Waals surface area contributed by atoms with Gasteiger partial charge in [-0.2, -0.15) is 0 Å². The van der Waals surface area contributed by atoms with Crippen LogP contribution in [0.4, 0.5) is 4.79 Å². The van der Waals surface area contributed by atoms with Gasteiger partial charge in [-0.15, -0.1) is 24.0 Å². The van der Waals surface area contributed by atoms with E-state index in [0.717, 1.165) is 0 Å². The minimum atomic E-state index is -1.83. The molecule has 138 valence electrons. The molecule has 0 spiro atoms. The molecule has 2 N–H and O–H groups in total. The maximum absolute atomic E-state index is 8.56. The number of unbranched alkanes of at least 4 members (excludes halogenated alkanes) is 4. The first kappa shape index (κ1) is 32.7. The van der Waals surface area contributed by atoms with Crippen molar-refractivity contribution in [2.24, 2.45) is 0 Å². The summed E-state index contributed by atoms with van der Waals surface area (Å²) in [6.07, 6.45) is 9.23. The maximum atomic E-state index is 8.56. The summed E-state index contributed by atoms with van der Waals surface area (Å²) in [5.74, 6) is 0. The van der Waals surface area contributed by atoms with Gasteiger partial charge in [0.2, 0.25) is 0 Å². The summed E-state index contributed by atoms with van der Waals surface area (Å²) >= 11 is 0. The van der Waals surface area contributed by atoms with Gasteiger partial charge in [0, 0.05) is 0 Å². The van der Waals surface area contributed by atoms with Crippen LogP contribution < -0.4 is 0 Å². The van der Waals surface area contributed by atoms with Crippen molar-refractivity contribution >= 4 is 99.0 Å². The van der Waals surface area contributed by atoms with E-state index in [1.165, 1.54) is 82.0 Å². The molecular formula is C17H40CsINO3+. The van der Waals surface area contributed by atoms with Crippen LogP contribution in [0.15, 0.2) is 0 Å². The van der Waals surface area contributed by atoms with Gasteiger partial charge >= 0.3 is 75.0 Å². The fraction of sp³-hybridized carbons (Fsp3) is 0.941. The number of halogens is 1. The fourth-order valence-electron chi connectivity index (χ4n) is 2.64. The van der Waals surface area contributed by atoms with Gasteiger partial charge in [-0.3, -0.25) is 0 Å². The zero-order valence-corrected chi connectivity index (χ0v) is 17.5. The SMILES string of the molecule is CCCC[N+](CCCC)(CCCC)CCCC.I.O=C(O)O.[CsH]. The summed E-state index contributed by atoms with van der Waals surface area (Å²) in [4.78, 5) is 8.56. The molecule has 0 saturated heterocycles. The Morgan fingerprint density at radius 2 is 0.870 bits per heavy atom. The van der Waals surface area contributed by atoms with E-state index in [1.807, 2.05) is 0 Å². The van der Waals surface area contributed by atoms with Gasteiger partial charge in [0.05, 0.1) is 26.2 Å². The molecule has 0 saturated carbocycles. The van der Waals surface area contributed by atoms with Crippen LogP contribution in [0.1, 0.15) is 79.1 Å². The standard InChI is InChI=1S/C16H36N.CH2O3.Cs.HI.H/c1-5-9-13-17(14-10-6-2,15-11-7-3)16-12-8-4;2-1(3)4;;;/h5-16H2,1-4H3;(H2,2,3,4);;1H;/q+1;;;;. The van der Waals surface area contributed by atoms with Gasteiger partial charge in [-0.05, 0) is 25.7 Å². The van der Waals surface area contributed by atoms with E-state index in [9.17, 15) is 0 Å². The first-order valence-electron chi connectivity index (χ1n) is 8.74. The summed E-state index contributed by atoms with van der Waals surface area (Å²) < 4.78 is 1.42. The van der Waals surface area contributed by atoms with E-state index >= 15 is 0 Å². The molecule has 0 amide bonds. The number of carboxylic acid groups (broad SMARTS) is 2. The van der Waals surface area contributed by atoms with Crippen molar-refractivity contribution < 1.29 is 19.5 Å². The van der Waals surface area contributed by atoms with Gasteiger partial charge in [0.1, 0.15) is 0 Å². The van der Waals surface area contributed by atoms with Crippen molar-refractivity contribution in [2.45, 2.75) is 79.1 Å². The van der Waals surface area contributed by atoms with Crippen LogP contribution in [-0.2, 0) is 0 Å². The van der Waals surface area contributed by atoms with Gasteiger partial charge in [0.25, 0.3) is 0 Å². The van der Waals surface area contributed by atoms with Crippen LogP contribution in [-0.4, -0.2) is 116 Å². The predicted molar refractivity (Wildman–Crippen MR) is 113 cm³/mol. The van der Waals surface area contributed by atoms with E-state index < -0.39 is 6.16 Å². The van der Waals surface area contributed by atoms with Crippen LogP contribution in [0.25, 0.3) is 0 Å². The van der Waals surface area contributed by atoms with Crippen molar-refractivity contribution in [3.63, 3.8) is 0 Å². The summed E-state index contributed by atoms with van der Waals surface area (Å²) in [5, 5.41) is 13.9. The van der Waals surface area contributed by atoms with Crippen molar-refractivity contribution in [3.8, 4) is 0 Å². The van der Waals surface area contributed by atoms with Crippen LogP contribution >= 0.6 is 24.0 Å². The van der Waals surface area contributed by atoms with Crippen molar-refractivity contribution in [1.82, 2.24) is 0 Å². The molecule has 23 heavy (non-hydrogen) atoms. The van der Waals surface area contributed by atoms with E-state index in [2.05, 4.69) is 27.7 Å². The third-order valence-corrected chi connectivity index (χ3v) is 3.94. The monoisotopic (exact) mass is 566 g/mol. The number of carbonyl (C=O) groups is 1. The molecule has 0 unspecified atom stereocenters. The Bertz CT molecular complexity index is 202. The molecule has 0 rings (SSSR count). The van der Waals surface area contributed by atoms with Crippen molar-refractivity contribution in [3.05, 3.63) is 0 Å². The molecule has 0 aliphatic rings. The van der Waals surface area contributed by atoms with E-state index in [4.69, 9.17) is 15.0 Å². The molecule has 0 heterocycles. The van der Waals surface area contributed by atoms with Crippen molar-refractivity contribution in [1.29, 1.82) is 0 Å². The predicted octanol–water partition coefficient (Wildman–Crippen LogP) is 5.20. The quantitative estimate of drug-likeness (QED) is 0.253. The van der Waals surface area contributed by atoms with Gasteiger partial charge in [0.15, 0.2) is 0 Å². The van der Waals surface area contributed by atoms with Gasteiger partial charge < -0.3 is 14.7 Å². The normalized spacial score (nSPS) is 9.91. The third-order valence-electron chi connectivity index (χ3n) is 3.94. The van der Waals surface area contributed by atoms with E-state index in [-0.39, 0.29) is 92.9 Å². The molecule has 0 aliphatic carbocycles. The van der Waals surface area contributed by atoms with Gasteiger partial charge in [-0.25, -0.2) is 4.79 Å². The molecule has 0 fully saturated rings. The Morgan fingerprint density at radius 1 is 0.696 bits per heavy atom. The van der Waals surface area contributed by atoms with Crippen molar-refractivity contribution in [2.75, 3.05) is 26.2 Å².